The normalized spacial score (nSPS) is 12.5. The number of nitrogens with two attached hydrogens (primary N) is 1. The van der Waals surface area contributed by atoms with Crippen molar-refractivity contribution in [3.8, 4) is 11.8 Å². The average Bonchev–Trinajstić information content (AvgIpc) is 2.90. The topological polar surface area (TPSA) is 152 Å². The molecule has 0 aliphatic heterocycles. The number of hydrogen-bond acceptors (Lipinski definition) is 9. The Kier molecular flexibility index (Phi) is 6.71. The van der Waals surface area contributed by atoms with Gasteiger partial charge in [-0.05, 0) is 12.1 Å². The van der Waals surface area contributed by atoms with Gasteiger partial charge < -0.3 is 30.8 Å². The fourth-order valence-electron chi connectivity index (χ4n) is 1.86. The van der Waals surface area contributed by atoms with E-state index in [1.54, 1.807) is 24.3 Å². The summed E-state index contributed by atoms with van der Waals surface area (Å²) in [5.74, 6) is 0.882. The maximum Gasteiger partial charge on any atom is 0.232 e. The van der Waals surface area contributed by atoms with Gasteiger partial charge in [0, 0.05) is 28.4 Å². The Bertz CT molecular complexity index is 702. The molecular formula is C14H18N6O3S. The van der Waals surface area contributed by atoms with Crippen LogP contribution < -0.4 is 21.1 Å². The molecule has 5 N–H and O–H groups in total. The van der Waals surface area contributed by atoms with Gasteiger partial charge in [0.05, 0.1) is 5.56 Å². The van der Waals surface area contributed by atoms with Crippen molar-refractivity contribution in [2.24, 2.45) is 0 Å². The van der Waals surface area contributed by atoms with Crippen molar-refractivity contribution in [2.75, 3.05) is 37.3 Å². The van der Waals surface area contributed by atoms with Crippen molar-refractivity contribution in [1.29, 1.82) is 5.26 Å². The Labute approximate surface area is 142 Å². The Morgan fingerprint density at radius 2 is 2.17 bits per heavy atom. The van der Waals surface area contributed by atoms with Crippen LogP contribution in [-0.2, 0) is 0 Å². The lowest BCUT2D eigenvalue weighted by atomic mass is 10.2. The number of aromatic nitrogens is 2. The van der Waals surface area contributed by atoms with Crippen LogP contribution in [0.1, 0.15) is 5.56 Å². The molecule has 0 saturated carbocycles. The van der Waals surface area contributed by atoms with Crippen molar-refractivity contribution in [3.05, 3.63) is 29.8 Å². The van der Waals surface area contributed by atoms with Gasteiger partial charge in [-0.15, -0.1) is 0 Å². The Morgan fingerprint density at radius 3 is 2.88 bits per heavy atom. The van der Waals surface area contributed by atoms with Crippen LogP contribution in [0, 0.1) is 11.3 Å². The molecule has 1 aromatic carbocycles. The molecule has 0 amide bonds. The summed E-state index contributed by atoms with van der Waals surface area (Å²) in [6, 6.07) is 8.88. The summed E-state index contributed by atoms with van der Waals surface area (Å²) in [5, 5.41) is 24.7. The largest absolute Gasteiger partial charge is 0.546 e. The molecular weight excluding hydrogens is 332 g/mol. The number of anilines is 2. The molecule has 0 aliphatic carbocycles. The van der Waals surface area contributed by atoms with Crippen LogP contribution in [-0.4, -0.2) is 50.8 Å². The summed E-state index contributed by atoms with van der Waals surface area (Å²) in [5.41, 5.74) is 5.94. The van der Waals surface area contributed by atoms with Gasteiger partial charge in [-0.1, -0.05) is 12.1 Å². The summed E-state index contributed by atoms with van der Waals surface area (Å²) < 4.78 is 23.7. The molecule has 2 atom stereocenters. The van der Waals surface area contributed by atoms with Gasteiger partial charge >= 0.3 is 0 Å². The predicted octanol–water partition coefficient (Wildman–Crippen LogP) is 0.0995. The number of benzene rings is 1. The lowest BCUT2D eigenvalue weighted by Gasteiger charge is -2.14. The lowest BCUT2D eigenvalue weighted by molar-refractivity contribution is 0.107. The first-order valence-electron chi connectivity index (χ1n) is 7.20. The average molecular weight is 350 g/mol. The summed E-state index contributed by atoms with van der Waals surface area (Å²) in [7, 11) is 0. The fourth-order valence-corrected chi connectivity index (χ4v) is 2.47. The highest BCUT2D eigenvalue weighted by molar-refractivity contribution is 7.14. The number of ether oxygens (including phenoxy) is 1. The van der Waals surface area contributed by atoms with E-state index in [-0.39, 0.29) is 12.4 Å². The zero-order valence-corrected chi connectivity index (χ0v) is 13.6. The molecule has 2 rings (SSSR count). The van der Waals surface area contributed by atoms with Gasteiger partial charge in [0.25, 0.3) is 0 Å². The fraction of sp³-hybridized carbons (Fsp3) is 0.357. The highest BCUT2D eigenvalue weighted by atomic mass is 32.2. The summed E-state index contributed by atoms with van der Waals surface area (Å²) in [6.45, 7) is 1.41. The maximum absolute atomic E-state index is 11.0. The number of nitrogen functional groups attached to an aromatic ring is 1. The summed E-state index contributed by atoms with van der Waals surface area (Å²) in [4.78, 5) is 0. The number of hydrogen-bond donors (Lipinski definition) is 4. The monoisotopic (exact) mass is 350 g/mol. The third-order valence-electron chi connectivity index (χ3n) is 3.00. The molecule has 9 nitrogen and oxygen atoms in total. The van der Waals surface area contributed by atoms with Crippen LogP contribution >= 0.6 is 11.1 Å². The Hall–Kier alpha value is -2.45. The van der Waals surface area contributed by atoms with Crippen molar-refractivity contribution >= 4 is 22.8 Å². The molecule has 0 fully saturated rings. The van der Waals surface area contributed by atoms with Crippen LogP contribution in [0.15, 0.2) is 24.3 Å². The number of nitriles is 1. The molecule has 2 unspecified atom stereocenters. The molecule has 128 valence electrons. The molecule has 0 spiro atoms. The minimum Gasteiger partial charge on any atom is -0.546 e. The van der Waals surface area contributed by atoms with E-state index < -0.39 is 17.2 Å². The van der Waals surface area contributed by atoms with Crippen LogP contribution in [0.2, 0.25) is 0 Å². The van der Waals surface area contributed by atoms with Gasteiger partial charge in [0.2, 0.25) is 11.6 Å². The second-order valence-corrected chi connectivity index (χ2v) is 5.68. The van der Waals surface area contributed by atoms with E-state index in [1.165, 1.54) is 0 Å². The van der Waals surface area contributed by atoms with E-state index in [9.17, 15) is 9.66 Å². The molecule has 10 heteroatoms. The Morgan fingerprint density at radius 1 is 1.38 bits per heavy atom. The number of nitrogens with one attached hydrogen (secondary N) is 2. The minimum absolute atomic E-state index is 0.0738. The van der Waals surface area contributed by atoms with E-state index in [1.807, 2.05) is 6.07 Å². The van der Waals surface area contributed by atoms with Crippen molar-refractivity contribution < 1.29 is 14.4 Å². The van der Waals surface area contributed by atoms with Gasteiger partial charge in [-0.3, -0.25) is 0 Å². The molecule has 2 aromatic rings. The zero-order chi connectivity index (χ0) is 17.4. The molecule has 0 bridgehead atoms. The van der Waals surface area contributed by atoms with Crippen molar-refractivity contribution in [1.82, 2.24) is 14.1 Å². The molecule has 24 heavy (non-hydrogen) atoms. The molecule has 0 radical (unpaired) electrons. The highest BCUT2D eigenvalue weighted by Crippen LogP contribution is 2.18. The lowest BCUT2D eigenvalue weighted by Crippen LogP contribution is -2.34. The number of nitrogens with zero attached hydrogens (tertiary/aromatic N) is 3. The van der Waals surface area contributed by atoms with Crippen molar-refractivity contribution in [2.45, 2.75) is 6.10 Å². The van der Waals surface area contributed by atoms with Crippen LogP contribution in [0.3, 0.4) is 0 Å². The molecule has 0 aliphatic rings. The molecule has 1 aromatic heterocycles. The van der Waals surface area contributed by atoms with E-state index in [0.717, 1.165) is 0 Å². The summed E-state index contributed by atoms with van der Waals surface area (Å²) >= 11 is -1.63. The molecule has 0 saturated heterocycles. The van der Waals surface area contributed by atoms with Crippen LogP contribution in [0.5, 0.6) is 5.75 Å². The standard InChI is InChI=1S/C14H18N6O3S/c15-7-10-3-1-2-4-12(10)23-9-11(21)8-17-5-6-18-14-13(16)19-24(22)20-14/h1-4,11,17,21H,5-6,8-9H2,(H2,16,19)(H,18,20). The van der Waals surface area contributed by atoms with E-state index in [4.69, 9.17) is 15.7 Å². The third-order valence-corrected chi connectivity index (χ3v) is 3.69. The minimum atomic E-state index is -1.63. The van der Waals surface area contributed by atoms with Crippen LogP contribution in [0.25, 0.3) is 0 Å². The SMILES string of the molecule is N#Cc1ccccc1OCC(O)CNCCNc1n[s+]([O-])nc1N. The first-order chi connectivity index (χ1) is 11.6. The molecule has 1 heterocycles. The number of aliphatic hydroxyl groups is 1. The third kappa shape index (κ3) is 5.32. The van der Waals surface area contributed by atoms with Gasteiger partial charge in [-0.2, -0.15) is 5.26 Å². The number of aliphatic hydroxyl groups excluding tert-OH is 1. The second-order valence-electron chi connectivity index (χ2n) is 4.85. The first kappa shape index (κ1) is 17.9. The number of rotatable bonds is 9. The predicted molar refractivity (Wildman–Crippen MR) is 89.1 cm³/mol. The maximum atomic E-state index is 11.0. The van der Waals surface area contributed by atoms with Gasteiger partial charge in [-0.25, -0.2) is 0 Å². The summed E-state index contributed by atoms with van der Waals surface area (Å²) in [6.07, 6.45) is -0.722. The van der Waals surface area contributed by atoms with E-state index >= 15 is 0 Å². The van der Waals surface area contributed by atoms with Crippen molar-refractivity contribution in [3.63, 3.8) is 0 Å². The van der Waals surface area contributed by atoms with Gasteiger partial charge in [0.1, 0.15) is 24.5 Å². The van der Waals surface area contributed by atoms with Gasteiger partial charge in [0.15, 0.2) is 11.1 Å². The Balaban J connectivity index is 1.62. The van der Waals surface area contributed by atoms with E-state index in [2.05, 4.69) is 19.4 Å². The van der Waals surface area contributed by atoms with E-state index in [0.29, 0.717) is 36.8 Å². The second kappa shape index (κ2) is 8.99. The van der Waals surface area contributed by atoms with Crippen LogP contribution in [0.4, 0.5) is 11.6 Å². The highest BCUT2D eigenvalue weighted by Gasteiger charge is 2.11. The quantitative estimate of drug-likeness (QED) is 0.364. The first-order valence-corrected chi connectivity index (χ1v) is 8.26. The number of para-hydroxylation sites is 1. The zero-order valence-electron chi connectivity index (χ0n) is 12.8. The smallest absolute Gasteiger partial charge is 0.232 e.